The second-order valence-electron chi connectivity index (χ2n) is 5.11. The average Bonchev–Trinajstić information content (AvgIpc) is 3.06. The van der Waals surface area contributed by atoms with Gasteiger partial charge in [-0.1, -0.05) is 35.5 Å². The van der Waals surface area contributed by atoms with Gasteiger partial charge in [0.25, 0.3) is 5.22 Å². The minimum absolute atomic E-state index is 0.132. The topological polar surface area (TPSA) is 68.0 Å². The van der Waals surface area contributed by atoms with Crippen LogP contribution in [0.1, 0.15) is 6.92 Å². The summed E-state index contributed by atoms with van der Waals surface area (Å²) in [5, 5.41) is 10.7. The third-order valence-corrected chi connectivity index (χ3v) is 4.46. The zero-order valence-electron chi connectivity index (χ0n) is 13.1. The number of benzene rings is 2. The quantitative estimate of drug-likeness (QED) is 0.655. The normalized spacial score (nSPS) is 12.0. The van der Waals surface area contributed by atoms with Crippen molar-refractivity contribution in [2.24, 2.45) is 0 Å². The third-order valence-electron chi connectivity index (χ3n) is 3.28. The molecule has 128 valence electrons. The number of rotatable bonds is 5. The van der Waals surface area contributed by atoms with Crippen molar-refractivity contribution >= 4 is 35.0 Å². The molecule has 0 aliphatic rings. The van der Waals surface area contributed by atoms with Gasteiger partial charge in [0.1, 0.15) is 5.82 Å². The maximum Gasteiger partial charge on any atom is 0.277 e. The number of nitrogens with zero attached hydrogens (tertiary/aromatic N) is 2. The highest BCUT2D eigenvalue weighted by atomic mass is 35.5. The number of hydrogen-bond acceptors (Lipinski definition) is 5. The van der Waals surface area contributed by atoms with Crippen LogP contribution in [0.2, 0.25) is 5.02 Å². The first-order valence-electron chi connectivity index (χ1n) is 7.34. The van der Waals surface area contributed by atoms with Gasteiger partial charge in [0.2, 0.25) is 11.8 Å². The smallest absolute Gasteiger partial charge is 0.277 e. The zero-order valence-corrected chi connectivity index (χ0v) is 14.6. The molecule has 25 heavy (non-hydrogen) atoms. The SMILES string of the molecule is C[C@H](Sc1nnc(-c2ccc(Cl)cc2)o1)C(=O)Nc1ccccc1F. The molecule has 2 aromatic carbocycles. The van der Waals surface area contributed by atoms with Gasteiger partial charge in [-0.25, -0.2) is 4.39 Å². The molecule has 1 aromatic heterocycles. The molecule has 1 amide bonds. The number of halogens is 2. The lowest BCUT2D eigenvalue weighted by Crippen LogP contribution is -2.22. The van der Waals surface area contributed by atoms with Crippen LogP contribution in [0.3, 0.4) is 0 Å². The number of amides is 1. The summed E-state index contributed by atoms with van der Waals surface area (Å²) in [6, 6.07) is 12.9. The fraction of sp³-hybridized carbons (Fsp3) is 0.118. The molecule has 1 heterocycles. The van der Waals surface area contributed by atoms with Crippen LogP contribution in [0.25, 0.3) is 11.5 Å². The van der Waals surface area contributed by atoms with Crippen molar-refractivity contribution in [1.82, 2.24) is 10.2 Å². The van der Waals surface area contributed by atoms with E-state index in [4.69, 9.17) is 16.0 Å². The van der Waals surface area contributed by atoms with Gasteiger partial charge in [-0.3, -0.25) is 4.79 Å². The van der Waals surface area contributed by atoms with E-state index in [9.17, 15) is 9.18 Å². The number of para-hydroxylation sites is 1. The maximum absolute atomic E-state index is 13.6. The molecule has 1 atom stereocenters. The summed E-state index contributed by atoms with van der Waals surface area (Å²) in [7, 11) is 0. The molecule has 0 spiro atoms. The van der Waals surface area contributed by atoms with Gasteiger partial charge in [0.05, 0.1) is 10.9 Å². The number of nitrogens with one attached hydrogen (secondary N) is 1. The Labute approximate surface area is 152 Å². The molecule has 0 aliphatic carbocycles. The second kappa shape index (κ2) is 7.67. The Balaban J connectivity index is 1.65. The van der Waals surface area contributed by atoms with Gasteiger partial charge in [0, 0.05) is 10.6 Å². The van der Waals surface area contributed by atoms with E-state index in [1.54, 1.807) is 43.3 Å². The van der Waals surface area contributed by atoms with Crippen molar-refractivity contribution in [2.45, 2.75) is 17.4 Å². The Kier molecular flexibility index (Phi) is 5.35. The van der Waals surface area contributed by atoms with Gasteiger partial charge in [-0.2, -0.15) is 0 Å². The first kappa shape index (κ1) is 17.4. The molecule has 0 fully saturated rings. The van der Waals surface area contributed by atoms with Crippen LogP contribution in [0, 0.1) is 5.82 Å². The molecule has 0 aliphatic heterocycles. The average molecular weight is 378 g/mol. The Bertz CT molecular complexity index is 886. The molecule has 5 nitrogen and oxygen atoms in total. The number of carbonyl (C=O) groups is 1. The van der Waals surface area contributed by atoms with E-state index < -0.39 is 11.1 Å². The number of anilines is 1. The van der Waals surface area contributed by atoms with E-state index >= 15 is 0 Å². The zero-order chi connectivity index (χ0) is 17.8. The number of thioether (sulfide) groups is 1. The third kappa shape index (κ3) is 4.37. The Hall–Kier alpha value is -2.38. The molecule has 3 rings (SSSR count). The van der Waals surface area contributed by atoms with Gasteiger partial charge < -0.3 is 9.73 Å². The lowest BCUT2D eigenvalue weighted by molar-refractivity contribution is -0.115. The summed E-state index contributed by atoms with van der Waals surface area (Å²) in [5.74, 6) is -0.516. The van der Waals surface area contributed by atoms with Crippen LogP contribution in [0.4, 0.5) is 10.1 Å². The summed E-state index contributed by atoms with van der Waals surface area (Å²) in [4.78, 5) is 12.2. The highest BCUT2D eigenvalue weighted by molar-refractivity contribution is 8.00. The minimum Gasteiger partial charge on any atom is -0.411 e. The van der Waals surface area contributed by atoms with Crippen LogP contribution in [-0.4, -0.2) is 21.4 Å². The Morgan fingerprint density at radius 2 is 1.92 bits per heavy atom. The fourth-order valence-corrected chi connectivity index (χ4v) is 2.78. The minimum atomic E-state index is -0.543. The van der Waals surface area contributed by atoms with Gasteiger partial charge in [-0.15, -0.1) is 10.2 Å². The first-order valence-corrected chi connectivity index (χ1v) is 8.60. The fourth-order valence-electron chi connectivity index (χ4n) is 1.97. The van der Waals surface area contributed by atoms with Crippen molar-refractivity contribution in [3.8, 4) is 11.5 Å². The van der Waals surface area contributed by atoms with Crippen molar-refractivity contribution in [3.05, 3.63) is 59.4 Å². The largest absolute Gasteiger partial charge is 0.411 e. The van der Waals surface area contributed by atoms with Crippen LogP contribution >= 0.6 is 23.4 Å². The Morgan fingerprint density at radius 3 is 2.64 bits per heavy atom. The predicted molar refractivity (Wildman–Crippen MR) is 95.1 cm³/mol. The van der Waals surface area contributed by atoms with Crippen LogP contribution < -0.4 is 5.32 Å². The van der Waals surface area contributed by atoms with Gasteiger partial charge >= 0.3 is 0 Å². The summed E-state index contributed by atoms with van der Waals surface area (Å²) in [6.45, 7) is 1.67. The van der Waals surface area contributed by atoms with Crippen molar-refractivity contribution in [1.29, 1.82) is 0 Å². The van der Waals surface area contributed by atoms with Crippen molar-refractivity contribution in [2.75, 3.05) is 5.32 Å². The number of aromatic nitrogens is 2. The van der Waals surface area contributed by atoms with Gasteiger partial charge in [0.15, 0.2) is 0 Å². The lowest BCUT2D eigenvalue weighted by atomic mass is 10.2. The highest BCUT2D eigenvalue weighted by Crippen LogP contribution is 2.27. The molecule has 0 radical (unpaired) electrons. The van der Waals surface area contributed by atoms with Crippen molar-refractivity contribution in [3.63, 3.8) is 0 Å². The summed E-state index contributed by atoms with van der Waals surface area (Å²) < 4.78 is 19.1. The first-order chi connectivity index (χ1) is 12.0. The van der Waals surface area contributed by atoms with E-state index in [0.29, 0.717) is 10.9 Å². The van der Waals surface area contributed by atoms with E-state index in [1.807, 2.05) is 0 Å². The van der Waals surface area contributed by atoms with Crippen LogP contribution in [0.5, 0.6) is 0 Å². The van der Waals surface area contributed by atoms with Crippen molar-refractivity contribution < 1.29 is 13.6 Å². The highest BCUT2D eigenvalue weighted by Gasteiger charge is 2.19. The van der Waals surface area contributed by atoms with E-state index in [2.05, 4.69) is 15.5 Å². The number of hydrogen-bond donors (Lipinski definition) is 1. The molecular weight excluding hydrogens is 365 g/mol. The monoisotopic (exact) mass is 377 g/mol. The second-order valence-corrected chi connectivity index (χ2v) is 6.84. The molecule has 0 unspecified atom stereocenters. The summed E-state index contributed by atoms with van der Waals surface area (Å²) in [6.07, 6.45) is 0. The van der Waals surface area contributed by atoms with E-state index in [0.717, 1.165) is 17.3 Å². The standard InChI is InChI=1S/C17H13ClFN3O2S/c1-10(15(23)20-14-5-3-2-4-13(14)19)25-17-22-21-16(24-17)11-6-8-12(18)9-7-11/h2-10H,1H3,(H,20,23)/t10-/m0/s1. The molecule has 8 heteroatoms. The molecule has 1 N–H and O–H groups in total. The van der Waals surface area contributed by atoms with E-state index in [1.165, 1.54) is 12.1 Å². The molecule has 0 saturated carbocycles. The lowest BCUT2D eigenvalue weighted by Gasteiger charge is -2.10. The van der Waals surface area contributed by atoms with Crippen LogP contribution in [0.15, 0.2) is 58.2 Å². The number of carbonyl (C=O) groups excluding carboxylic acids is 1. The maximum atomic E-state index is 13.6. The Morgan fingerprint density at radius 1 is 1.20 bits per heavy atom. The molecule has 0 bridgehead atoms. The van der Waals surface area contributed by atoms with Crippen LogP contribution in [-0.2, 0) is 4.79 Å². The predicted octanol–water partition coefficient (Wildman–Crippen LogP) is 4.65. The van der Waals surface area contributed by atoms with E-state index in [-0.39, 0.29) is 16.8 Å². The molecular formula is C17H13ClFN3O2S. The molecule has 3 aromatic rings. The van der Waals surface area contributed by atoms with Gasteiger partial charge in [-0.05, 0) is 43.3 Å². The molecule has 0 saturated heterocycles. The summed E-state index contributed by atoms with van der Waals surface area (Å²) in [5.41, 5.74) is 0.861. The summed E-state index contributed by atoms with van der Waals surface area (Å²) >= 11 is 6.94.